The van der Waals surface area contributed by atoms with Gasteiger partial charge in [-0.15, -0.1) is 0 Å². The van der Waals surface area contributed by atoms with Gasteiger partial charge in [-0.2, -0.15) is 26.3 Å². The number of carbonyl (C=O) groups is 1. The first-order valence-corrected chi connectivity index (χ1v) is 3.47. The molecule has 0 amide bonds. The lowest BCUT2D eigenvalue weighted by Gasteiger charge is -2.13. The lowest BCUT2D eigenvalue weighted by atomic mass is 10.3. The molecule has 0 saturated carbocycles. The summed E-state index contributed by atoms with van der Waals surface area (Å²) in [5, 5.41) is 9.20. The second-order valence-electron chi connectivity index (χ2n) is 2.35. The summed E-state index contributed by atoms with van der Waals surface area (Å²) in [5.41, 5.74) is 0. The molecule has 0 radical (unpaired) electrons. The predicted octanol–water partition coefficient (Wildman–Crippen LogP) is 1.79. The minimum atomic E-state index is -5.08. The van der Waals surface area contributed by atoms with Gasteiger partial charge in [0.15, 0.2) is 0 Å². The monoisotopic (exact) mass is 241 g/mol. The third kappa shape index (κ3) is 9.32. The molecule has 0 aromatic rings. The molecule has 0 rings (SSSR count). The SMILES string of the molecule is CN[C@@H](C)C(F)(F)F.O=C(O)C(F)(F)F. The van der Waals surface area contributed by atoms with E-state index in [0.29, 0.717) is 0 Å². The Hall–Kier alpha value is -0.990. The smallest absolute Gasteiger partial charge is 0.475 e. The van der Waals surface area contributed by atoms with Crippen LogP contribution in [0.25, 0.3) is 0 Å². The van der Waals surface area contributed by atoms with Gasteiger partial charge in [-0.05, 0) is 14.0 Å². The summed E-state index contributed by atoms with van der Waals surface area (Å²) in [6, 6.07) is -1.40. The van der Waals surface area contributed by atoms with Gasteiger partial charge in [-0.1, -0.05) is 0 Å². The highest BCUT2D eigenvalue weighted by atomic mass is 19.4. The Morgan fingerprint density at radius 2 is 1.47 bits per heavy atom. The molecule has 92 valence electrons. The number of rotatable bonds is 1. The van der Waals surface area contributed by atoms with Gasteiger partial charge in [0.05, 0.1) is 0 Å². The molecule has 0 bridgehead atoms. The van der Waals surface area contributed by atoms with E-state index < -0.39 is 24.4 Å². The maximum atomic E-state index is 11.4. The van der Waals surface area contributed by atoms with Crippen molar-refractivity contribution in [2.24, 2.45) is 0 Å². The Labute approximate surface area is 81.1 Å². The van der Waals surface area contributed by atoms with Gasteiger partial charge >= 0.3 is 18.3 Å². The topological polar surface area (TPSA) is 49.3 Å². The molecule has 0 aliphatic rings. The lowest BCUT2D eigenvalue weighted by Crippen LogP contribution is -2.36. The molecule has 0 aromatic heterocycles. The fourth-order valence-corrected chi connectivity index (χ4v) is 0.164. The van der Waals surface area contributed by atoms with Crippen molar-refractivity contribution in [3.05, 3.63) is 0 Å². The maximum Gasteiger partial charge on any atom is 0.490 e. The van der Waals surface area contributed by atoms with E-state index in [0.717, 1.165) is 6.92 Å². The maximum absolute atomic E-state index is 11.4. The Bertz CT molecular complexity index is 199. The summed E-state index contributed by atoms with van der Waals surface area (Å²) in [6.45, 7) is 1.07. The molecule has 0 saturated heterocycles. The number of carboxylic acid groups (broad SMARTS) is 1. The van der Waals surface area contributed by atoms with Gasteiger partial charge in [-0.25, -0.2) is 4.79 Å². The first-order chi connectivity index (χ1) is 6.42. The van der Waals surface area contributed by atoms with Gasteiger partial charge < -0.3 is 10.4 Å². The van der Waals surface area contributed by atoms with Crippen LogP contribution < -0.4 is 5.32 Å². The van der Waals surface area contributed by atoms with E-state index in [2.05, 4.69) is 5.32 Å². The van der Waals surface area contributed by atoms with Crippen molar-refractivity contribution in [1.29, 1.82) is 0 Å². The van der Waals surface area contributed by atoms with Crippen LogP contribution in [-0.2, 0) is 4.79 Å². The van der Waals surface area contributed by atoms with Gasteiger partial charge in [0.1, 0.15) is 6.04 Å². The van der Waals surface area contributed by atoms with Gasteiger partial charge in [0.2, 0.25) is 0 Å². The van der Waals surface area contributed by atoms with Crippen LogP contribution in [0.15, 0.2) is 0 Å². The highest BCUT2D eigenvalue weighted by Crippen LogP contribution is 2.18. The quantitative estimate of drug-likeness (QED) is 0.688. The zero-order valence-electron chi connectivity index (χ0n) is 7.70. The van der Waals surface area contributed by atoms with Crippen molar-refractivity contribution in [3.8, 4) is 0 Å². The third-order valence-electron chi connectivity index (χ3n) is 1.17. The summed E-state index contributed by atoms with van der Waals surface area (Å²) >= 11 is 0. The normalized spacial score (nSPS) is 13.9. The third-order valence-corrected chi connectivity index (χ3v) is 1.17. The molecule has 1 atom stereocenters. The Balaban J connectivity index is 0. The minimum Gasteiger partial charge on any atom is -0.475 e. The van der Waals surface area contributed by atoms with Crippen molar-refractivity contribution in [2.45, 2.75) is 25.3 Å². The van der Waals surface area contributed by atoms with Crippen molar-refractivity contribution in [2.75, 3.05) is 7.05 Å². The summed E-state index contributed by atoms with van der Waals surface area (Å²) in [7, 11) is 1.28. The van der Waals surface area contributed by atoms with Crippen molar-refractivity contribution in [3.63, 3.8) is 0 Å². The highest BCUT2D eigenvalue weighted by molar-refractivity contribution is 5.73. The minimum absolute atomic E-state index is 1.07. The van der Waals surface area contributed by atoms with E-state index in [1.165, 1.54) is 7.05 Å². The molecule has 0 heterocycles. The zero-order chi connectivity index (χ0) is 12.9. The fraction of sp³-hybridized carbons (Fsp3) is 0.833. The van der Waals surface area contributed by atoms with Crippen molar-refractivity contribution in [1.82, 2.24) is 5.32 Å². The highest BCUT2D eigenvalue weighted by Gasteiger charge is 2.38. The van der Waals surface area contributed by atoms with Crippen molar-refractivity contribution < 1.29 is 36.2 Å². The van der Waals surface area contributed by atoms with Crippen LogP contribution in [0, 0.1) is 0 Å². The van der Waals surface area contributed by atoms with Crippen LogP contribution in [0.2, 0.25) is 0 Å². The Morgan fingerprint density at radius 3 is 1.47 bits per heavy atom. The van der Waals surface area contributed by atoms with Gasteiger partial charge in [0, 0.05) is 0 Å². The number of hydrogen-bond donors (Lipinski definition) is 2. The van der Waals surface area contributed by atoms with Crippen LogP contribution in [0.5, 0.6) is 0 Å². The van der Waals surface area contributed by atoms with E-state index in [9.17, 15) is 26.3 Å². The number of carboxylic acids is 1. The second kappa shape index (κ2) is 5.79. The lowest BCUT2D eigenvalue weighted by molar-refractivity contribution is -0.192. The molecular weight excluding hydrogens is 232 g/mol. The van der Waals surface area contributed by atoms with Crippen LogP contribution in [0.3, 0.4) is 0 Å². The second-order valence-corrected chi connectivity index (χ2v) is 2.35. The van der Waals surface area contributed by atoms with Crippen LogP contribution in [0.4, 0.5) is 26.3 Å². The number of aliphatic carboxylic acids is 1. The van der Waals surface area contributed by atoms with E-state index in [-0.39, 0.29) is 0 Å². The largest absolute Gasteiger partial charge is 0.490 e. The van der Waals surface area contributed by atoms with Crippen LogP contribution in [-0.4, -0.2) is 36.5 Å². The molecule has 15 heavy (non-hydrogen) atoms. The first-order valence-electron chi connectivity index (χ1n) is 3.47. The average molecular weight is 241 g/mol. The van der Waals surface area contributed by atoms with Gasteiger partial charge in [-0.3, -0.25) is 0 Å². The fourth-order valence-electron chi connectivity index (χ4n) is 0.164. The van der Waals surface area contributed by atoms with E-state index in [4.69, 9.17) is 9.90 Å². The summed E-state index contributed by atoms with van der Waals surface area (Å²) in [6.07, 6.45) is -9.19. The molecule has 3 nitrogen and oxygen atoms in total. The standard InChI is InChI=1S/C4H8F3N.C2HF3O2/c1-3(8-2)4(5,6)7;3-2(4,5)1(6)7/h3,8H,1-2H3;(H,6,7)/t3-;/m0./s1. The molecule has 0 unspecified atom stereocenters. The number of alkyl halides is 6. The summed E-state index contributed by atoms with van der Waals surface area (Å²) in [5.74, 6) is -2.76. The molecule has 9 heteroatoms. The summed E-state index contributed by atoms with van der Waals surface area (Å²) < 4.78 is 65.9. The Kier molecular flexibility index (Phi) is 6.34. The molecule has 2 N–H and O–H groups in total. The molecule has 0 aliphatic heterocycles. The molecule has 0 fully saturated rings. The zero-order valence-corrected chi connectivity index (χ0v) is 7.70. The number of hydrogen-bond acceptors (Lipinski definition) is 2. The van der Waals surface area contributed by atoms with E-state index >= 15 is 0 Å². The van der Waals surface area contributed by atoms with E-state index in [1.54, 1.807) is 0 Å². The molecule has 0 spiro atoms. The number of halogens is 6. The van der Waals surface area contributed by atoms with E-state index in [1.807, 2.05) is 0 Å². The first kappa shape index (κ1) is 16.4. The Morgan fingerprint density at radius 1 is 1.20 bits per heavy atom. The van der Waals surface area contributed by atoms with Crippen LogP contribution in [0.1, 0.15) is 6.92 Å². The molecule has 0 aromatic carbocycles. The van der Waals surface area contributed by atoms with Gasteiger partial charge in [0.25, 0.3) is 0 Å². The van der Waals surface area contributed by atoms with Crippen molar-refractivity contribution >= 4 is 5.97 Å². The van der Waals surface area contributed by atoms with Crippen LogP contribution >= 0.6 is 0 Å². The average Bonchev–Trinajstić information content (AvgIpc) is 2.00. The number of nitrogens with one attached hydrogen (secondary N) is 1. The molecular formula is C6H9F6NO2. The molecule has 0 aliphatic carbocycles. The predicted molar refractivity (Wildman–Crippen MR) is 38.3 cm³/mol. The summed E-state index contributed by atoms with van der Waals surface area (Å²) in [4.78, 5) is 8.90.